The van der Waals surface area contributed by atoms with Crippen LogP contribution in [-0.4, -0.2) is 10.2 Å². The summed E-state index contributed by atoms with van der Waals surface area (Å²) in [4.78, 5) is 0. The van der Waals surface area contributed by atoms with E-state index in [9.17, 15) is 10.2 Å². The topological polar surface area (TPSA) is 58.9 Å². The van der Waals surface area contributed by atoms with Crippen LogP contribution in [0.15, 0.2) is 109 Å². The van der Waals surface area contributed by atoms with E-state index in [1.54, 1.807) is 48.5 Å². The van der Waals surface area contributed by atoms with E-state index < -0.39 is 12.2 Å². The van der Waals surface area contributed by atoms with Gasteiger partial charge in [-0.25, -0.2) is 0 Å². The number of rotatable bonds is 7. The molecule has 150 valence electrons. The molecule has 2 unspecified atom stereocenters. The molecule has 4 aromatic carbocycles. The van der Waals surface area contributed by atoms with Gasteiger partial charge in [0.2, 0.25) is 0 Å². The monoisotopic (exact) mass is 398 g/mol. The summed E-state index contributed by atoms with van der Waals surface area (Å²) in [6.45, 7) is 0. The molecule has 0 saturated carbocycles. The van der Waals surface area contributed by atoms with Crippen LogP contribution in [0, 0.1) is 0 Å². The Hall–Kier alpha value is -3.60. The Labute approximate surface area is 175 Å². The van der Waals surface area contributed by atoms with Gasteiger partial charge in [-0.2, -0.15) is 0 Å². The molecule has 2 N–H and O–H groups in total. The maximum absolute atomic E-state index is 10.6. The van der Waals surface area contributed by atoms with E-state index in [0.29, 0.717) is 22.6 Å². The van der Waals surface area contributed by atoms with Gasteiger partial charge in [0, 0.05) is 0 Å². The van der Waals surface area contributed by atoms with Gasteiger partial charge in [0.05, 0.1) is 0 Å². The van der Waals surface area contributed by atoms with E-state index in [1.165, 1.54) is 0 Å². The van der Waals surface area contributed by atoms with Crippen molar-refractivity contribution >= 4 is 0 Å². The average Bonchev–Trinajstić information content (AvgIpc) is 2.80. The van der Waals surface area contributed by atoms with E-state index in [2.05, 4.69) is 0 Å². The Balaban J connectivity index is 1.40. The molecular formula is C26H22O4. The molecule has 0 fully saturated rings. The summed E-state index contributed by atoms with van der Waals surface area (Å²) >= 11 is 0. The molecule has 0 aromatic heterocycles. The molecular weight excluding hydrogens is 376 g/mol. The van der Waals surface area contributed by atoms with Crippen molar-refractivity contribution in [3.05, 3.63) is 120 Å². The van der Waals surface area contributed by atoms with Crippen molar-refractivity contribution in [2.45, 2.75) is 12.2 Å². The Morgan fingerprint density at radius 3 is 1.03 bits per heavy atom. The Morgan fingerprint density at radius 2 is 0.700 bits per heavy atom. The second-order valence-electron chi connectivity index (χ2n) is 6.86. The molecule has 0 aliphatic carbocycles. The lowest BCUT2D eigenvalue weighted by Gasteiger charge is -2.19. The second-order valence-corrected chi connectivity index (χ2v) is 6.86. The molecule has 0 spiro atoms. The van der Waals surface area contributed by atoms with Crippen LogP contribution in [0.4, 0.5) is 0 Å². The van der Waals surface area contributed by atoms with E-state index in [1.807, 2.05) is 60.7 Å². The fraction of sp³-hybridized carbons (Fsp3) is 0.0769. The SMILES string of the molecule is OC(c1ccc(Oc2ccccc2)cc1)C(O)c1ccc(Oc2ccccc2)cc1. The molecule has 0 aliphatic heterocycles. The maximum Gasteiger partial charge on any atom is 0.127 e. The van der Waals surface area contributed by atoms with Crippen LogP contribution in [-0.2, 0) is 0 Å². The van der Waals surface area contributed by atoms with Gasteiger partial charge in [-0.05, 0) is 59.7 Å². The van der Waals surface area contributed by atoms with Gasteiger partial charge in [-0.3, -0.25) is 0 Å². The van der Waals surface area contributed by atoms with Crippen LogP contribution in [0.1, 0.15) is 23.3 Å². The van der Waals surface area contributed by atoms with Crippen molar-refractivity contribution in [2.75, 3.05) is 0 Å². The van der Waals surface area contributed by atoms with Gasteiger partial charge >= 0.3 is 0 Å². The number of ether oxygens (including phenoxy) is 2. The van der Waals surface area contributed by atoms with Crippen molar-refractivity contribution in [3.63, 3.8) is 0 Å². The zero-order valence-electron chi connectivity index (χ0n) is 16.3. The summed E-state index contributed by atoms with van der Waals surface area (Å²) in [6.07, 6.45) is -2.12. The summed E-state index contributed by atoms with van der Waals surface area (Å²) in [5, 5.41) is 21.2. The molecule has 0 saturated heterocycles. The molecule has 0 radical (unpaired) electrons. The number of hydrogen-bond acceptors (Lipinski definition) is 4. The largest absolute Gasteiger partial charge is 0.457 e. The quantitative estimate of drug-likeness (QED) is 0.399. The molecule has 0 amide bonds. The summed E-state index contributed by atoms with van der Waals surface area (Å²) in [5.41, 5.74) is 1.21. The number of para-hydroxylation sites is 2. The van der Waals surface area contributed by atoms with Crippen molar-refractivity contribution in [1.82, 2.24) is 0 Å². The molecule has 4 nitrogen and oxygen atoms in total. The number of benzene rings is 4. The highest BCUT2D eigenvalue weighted by Crippen LogP contribution is 2.32. The van der Waals surface area contributed by atoms with Gasteiger partial charge in [0.1, 0.15) is 35.2 Å². The third kappa shape index (κ3) is 4.87. The van der Waals surface area contributed by atoms with Gasteiger partial charge in [-0.15, -0.1) is 0 Å². The van der Waals surface area contributed by atoms with E-state index in [0.717, 1.165) is 11.5 Å². The summed E-state index contributed by atoms with van der Waals surface area (Å²) in [6, 6.07) is 33.0. The fourth-order valence-electron chi connectivity index (χ4n) is 3.08. The van der Waals surface area contributed by atoms with Gasteiger partial charge in [0.25, 0.3) is 0 Å². The predicted molar refractivity (Wildman–Crippen MR) is 116 cm³/mol. The van der Waals surface area contributed by atoms with Crippen LogP contribution in [0.2, 0.25) is 0 Å². The van der Waals surface area contributed by atoms with Crippen molar-refractivity contribution in [2.24, 2.45) is 0 Å². The van der Waals surface area contributed by atoms with Gasteiger partial charge in [-0.1, -0.05) is 60.7 Å². The molecule has 4 rings (SSSR count). The lowest BCUT2D eigenvalue weighted by atomic mass is 9.98. The van der Waals surface area contributed by atoms with Crippen molar-refractivity contribution in [3.8, 4) is 23.0 Å². The van der Waals surface area contributed by atoms with Crippen LogP contribution in [0.3, 0.4) is 0 Å². The van der Waals surface area contributed by atoms with Gasteiger partial charge in [0.15, 0.2) is 0 Å². The highest BCUT2D eigenvalue weighted by Gasteiger charge is 2.20. The third-order valence-corrected chi connectivity index (χ3v) is 4.70. The first-order valence-electron chi connectivity index (χ1n) is 9.71. The lowest BCUT2D eigenvalue weighted by molar-refractivity contribution is 0.0172. The molecule has 0 bridgehead atoms. The van der Waals surface area contributed by atoms with E-state index in [4.69, 9.17) is 9.47 Å². The normalized spacial score (nSPS) is 12.7. The lowest BCUT2D eigenvalue weighted by Crippen LogP contribution is -2.10. The fourth-order valence-corrected chi connectivity index (χ4v) is 3.08. The van der Waals surface area contributed by atoms with Crippen molar-refractivity contribution in [1.29, 1.82) is 0 Å². The number of aliphatic hydroxyl groups excluding tert-OH is 2. The highest BCUT2D eigenvalue weighted by atomic mass is 16.5. The Kier molecular flexibility index (Phi) is 6.09. The zero-order valence-corrected chi connectivity index (χ0v) is 16.3. The molecule has 0 aliphatic rings. The maximum atomic E-state index is 10.6. The Bertz CT molecular complexity index is 957. The standard InChI is InChI=1S/C26H22O4/c27-25(19-11-15-23(16-12-19)29-21-7-3-1-4-8-21)26(28)20-13-17-24(18-14-20)30-22-9-5-2-6-10-22/h1-18,25-28H. The summed E-state index contributed by atoms with van der Waals surface area (Å²) in [5.74, 6) is 2.80. The molecule has 2 atom stereocenters. The molecule has 0 heterocycles. The summed E-state index contributed by atoms with van der Waals surface area (Å²) < 4.78 is 11.5. The summed E-state index contributed by atoms with van der Waals surface area (Å²) in [7, 11) is 0. The predicted octanol–water partition coefficient (Wildman–Crippen LogP) is 6.04. The minimum atomic E-state index is -1.06. The number of aliphatic hydroxyl groups is 2. The second kappa shape index (κ2) is 9.27. The van der Waals surface area contributed by atoms with Gasteiger partial charge < -0.3 is 19.7 Å². The first kappa shape index (κ1) is 19.7. The van der Waals surface area contributed by atoms with E-state index in [-0.39, 0.29) is 0 Å². The zero-order chi connectivity index (χ0) is 20.8. The third-order valence-electron chi connectivity index (χ3n) is 4.70. The first-order chi connectivity index (χ1) is 14.7. The minimum absolute atomic E-state index is 0.604. The average molecular weight is 398 g/mol. The highest BCUT2D eigenvalue weighted by molar-refractivity contribution is 5.36. The smallest absolute Gasteiger partial charge is 0.127 e. The van der Waals surface area contributed by atoms with Crippen LogP contribution in [0.5, 0.6) is 23.0 Å². The molecule has 4 heteroatoms. The Morgan fingerprint density at radius 1 is 0.400 bits per heavy atom. The molecule has 4 aromatic rings. The van der Waals surface area contributed by atoms with E-state index >= 15 is 0 Å². The number of hydrogen-bond donors (Lipinski definition) is 2. The van der Waals surface area contributed by atoms with Crippen LogP contribution in [0.25, 0.3) is 0 Å². The van der Waals surface area contributed by atoms with Crippen LogP contribution < -0.4 is 9.47 Å². The van der Waals surface area contributed by atoms with Crippen molar-refractivity contribution < 1.29 is 19.7 Å². The van der Waals surface area contributed by atoms with Crippen LogP contribution >= 0.6 is 0 Å². The molecule has 30 heavy (non-hydrogen) atoms. The minimum Gasteiger partial charge on any atom is -0.457 e. The first-order valence-corrected chi connectivity index (χ1v) is 9.71.